The Morgan fingerprint density at radius 2 is 1.93 bits per heavy atom. The van der Waals surface area contributed by atoms with E-state index in [1.165, 1.54) is 6.42 Å². The van der Waals surface area contributed by atoms with Crippen LogP contribution in [0.5, 0.6) is 0 Å². The summed E-state index contributed by atoms with van der Waals surface area (Å²) in [6, 6.07) is 13.6. The summed E-state index contributed by atoms with van der Waals surface area (Å²) < 4.78 is 5.53. The minimum Gasteiger partial charge on any atom is -0.337 e. The molecule has 5 nitrogen and oxygen atoms in total. The SMILES string of the molecule is Cc1cccc(-c2noc(CN(C(=O)c3ccc(C)c(Cl)c3)C3CCCCC3)n2)c1. The zero-order valence-electron chi connectivity index (χ0n) is 17.4. The molecule has 0 saturated heterocycles. The standard InChI is InChI=1S/C24H26ClN3O2/c1-16-7-6-8-18(13-16)23-26-22(30-27-23)15-28(20-9-4-3-5-10-20)24(29)19-12-11-17(2)21(25)14-19/h6-8,11-14,20H,3-5,9-10,15H2,1-2H3. The van der Waals surface area contributed by atoms with E-state index < -0.39 is 0 Å². The van der Waals surface area contributed by atoms with Crippen LogP contribution in [-0.4, -0.2) is 27.0 Å². The van der Waals surface area contributed by atoms with Crippen molar-refractivity contribution in [1.29, 1.82) is 0 Å². The molecule has 0 spiro atoms. The van der Waals surface area contributed by atoms with Gasteiger partial charge in [0.25, 0.3) is 5.91 Å². The zero-order valence-corrected chi connectivity index (χ0v) is 18.2. The van der Waals surface area contributed by atoms with Gasteiger partial charge in [-0.25, -0.2) is 0 Å². The Hall–Kier alpha value is -2.66. The van der Waals surface area contributed by atoms with Crippen LogP contribution in [-0.2, 0) is 6.54 Å². The summed E-state index contributed by atoms with van der Waals surface area (Å²) in [7, 11) is 0. The molecule has 1 heterocycles. The Kier molecular flexibility index (Phi) is 6.18. The minimum absolute atomic E-state index is 0.0425. The van der Waals surface area contributed by atoms with Crippen molar-refractivity contribution in [2.24, 2.45) is 0 Å². The highest BCUT2D eigenvalue weighted by Crippen LogP contribution is 2.27. The zero-order chi connectivity index (χ0) is 21.1. The number of amides is 1. The van der Waals surface area contributed by atoms with Crippen molar-refractivity contribution in [2.75, 3.05) is 0 Å². The van der Waals surface area contributed by atoms with Crippen molar-refractivity contribution in [2.45, 2.75) is 58.5 Å². The normalized spacial score (nSPS) is 14.6. The molecule has 0 aliphatic heterocycles. The average molecular weight is 424 g/mol. The molecule has 1 saturated carbocycles. The van der Waals surface area contributed by atoms with Gasteiger partial charge in [-0.05, 0) is 50.5 Å². The van der Waals surface area contributed by atoms with Crippen LogP contribution < -0.4 is 0 Å². The van der Waals surface area contributed by atoms with Gasteiger partial charge in [-0.2, -0.15) is 4.98 Å². The second-order valence-electron chi connectivity index (χ2n) is 8.07. The van der Waals surface area contributed by atoms with Crippen LogP contribution in [0, 0.1) is 13.8 Å². The third-order valence-corrected chi connectivity index (χ3v) is 6.15. The topological polar surface area (TPSA) is 59.2 Å². The van der Waals surface area contributed by atoms with Crippen LogP contribution in [0.1, 0.15) is 59.5 Å². The van der Waals surface area contributed by atoms with E-state index in [0.717, 1.165) is 42.4 Å². The number of hydrogen-bond acceptors (Lipinski definition) is 4. The van der Waals surface area contributed by atoms with Crippen molar-refractivity contribution < 1.29 is 9.32 Å². The van der Waals surface area contributed by atoms with Gasteiger partial charge in [-0.3, -0.25) is 4.79 Å². The lowest BCUT2D eigenvalue weighted by molar-refractivity contribution is 0.0586. The lowest BCUT2D eigenvalue weighted by atomic mass is 9.93. The number of carbonyl (C=O) groups excluding carboxylic acids is 1. The van der Waals surface area contributed by atoms with Crippen molar-refractivity contribution in [3.8, 4) is 11.4 Å². The van der Waals surface area contributed by atoms with Crippen molar-refractivity contribution >= 4 is 17.5 Å². The maximum absolute atomic E-state index is 13.4. The van der Waals surface area contributed by atoms with Crippen LogP contribution >= 0.6 is 11.6 Å². The molecule has 1 fully saturated rings. The van der Waals surface area contributed by atoms with E-state index in [9.17, 15) is 4.79 Å². The second kappa shape index (κ2) is 9.00. The predicted molar refractivity (Wildman–Crippen MR) is 117 cm³/mol. The molecule has 156 valence electrons. The summed E-state index contributed by atoms with van der Waals surface area (Å²) in [6.45, 7) is 4.26. The lowest BCUT2D eigenvalue weighted by Crippen LogP contribution is -2.41. The minimum atomic E-state index is -0.0425. The first-order valence-corrected chi connectivity index (χ1v) is 10.9. The molecule has 6 heteroatoms. The molecule has 0 radical (unpaired) electrons. The van der Waals surface area contributed by atoms with E-state index >= 15 is 0 Å². The molecule has 1 aliphatic carbocycles. The molecule has 0 N–H and O–H groups in total. The number of benzene rings is 2. The third-order valence-electron chi connectivity index (χ3n) is 5.75. The molecule has 1 amide bonds. The van der Waals surface area contributed by atoms with Crippen LogP contribution in [0.15, 0.2) is 47.0 Å². The highest BCUT2D eigenvalue weighted by molar-refractivity contribution is 6.31. The van der Waals surface area contributed by atoms with Gasteiger partial charge in [0.05, 0.1) is 0 Å². The smallest absolute Gasteiger partial charge is 0.254 e. The Labute approximate surface area is 182 Å². The van der Waals surface area contributed by atoms with Gasteiger partial charge in [0.2, 0.25) is 11.7 Å². The summed E-state index contributed by atoms with van der Waals surface area (Å²) in [5.41, 5.74) is 3.59. The fourth-order valence-electron chi connectivity index (χ4n) is 4.02. The molecule has 30 heavy (non-hydrogen) atoms. The summed E-state index contributed by atoms with van der Waals surface area (Å²) in [5, 5.41) is 4.74. The number of carbonyl (C=O) groups is 1. The summed E-state index contributed by atoms with van der Waals surface area (Å²) in [6.07, 6.45) is 5.45. The van der Waals surface area contributed by atoms with Gasteiger partial charge in [-0.1, -0.05) is 65.8 Å². The van der Waals surface area contributed by atoms with Crippen LogP contribution in [0.3, 0.4) is 0 Å². The van der Waals surface area contributed by atoms with E-state index in [-0.39, 0.29) is 11.9 Å². The number of nitrogens with zero attached hydrogens (tertiary/aromatic N) is 3. The largest absolute Gasteiger partial charge is 0.337 e. The van der Waals surface area contributed by atoms with Crippen molar-refractivity contribution in [1.82, 2.24) is 15.0 Å². The van der Waals surface area contributed by atoms with Gasteiger partial charge in [0.15, 0.2) is 0 Å². The molecule has 2 aromatic carbocycles. The molecule has 4 rings (SSSR count). The first-order valence-electron chi connectivity index (χ1n) is 10.5. The Morgan fingerprint density at radius 1 is 1.13 bits per heavy atom. The fraction of sp³-hybridized carbons (Fsp3) is 0.375. The van der Waals surface area contributed by atoms with E-state index in [1.807, 2.05) is 55.1 Å². The predicted octanol–water partition coefficient (Wildman–Crippen LogP) is 5.98. The van der Waals surface area contributed by atoms with Gasteiger partial charge in [-0.15, -0.1) is 0 Å². The molecule has 3 aromatic rings. The van der Waals surface area contributed by atoms with Gasteiger partial charge < -0.3 is 9.42 Å². The Morgan fingerprint density at radius 3 is 2.67 bits per heavy atom. The third kappa shape index (κ3) is 4.57. The van der Waals surface area contributed by atoms with E-state index in [4.69, 9.17) is 16.1 Å². The quantitative estimate of drug-likeness (QED) is 0.506. The van der Waals surface area contributed by atoms with Gasteiger partial charge >= 0.3 is 0 Å². The average Bonchev–Trinajstić information content (AvgIpc) is 3.23. The van der Waals surface area contributed by atoms with E-state index in [2.05, 4.69) is 10.1 Å². The molecule has 0 bridgehead atoms. The maximum atomic E-state index is 13.4. The summed E-state index contributed by atoms with van der Waals surface area (Å²) in [4.78, 5) is 19.9. The first kappa shape index (κ1) is 20.6. The highest BCUT2D eigenvalue weighted by Gasteiger charge is 2.28. The number of rotatable bonds is 5. The fourth-order valence-corrected chi connectivity index (χ4v) is 4.20. The molecular weight excluding hydrogens is 398 g/mol. The molecule has 1 aliphatic rings. The van der Waals surface area contributed by atoms with E-state index in [1.54, 1.807) is 6.07 Å². The monoisotopic (exact) mass is 423 g/mol. The molecule has 0 unspecified atom stereocenters. The Bertz CT molecular complexity index is 1040. The first-order chi connectivity index (χ1) is 14.5. The van der Waals surface area contributed by atoms with Crippen LogP contribution in [0.2, 0.25) is 5.02 Å². The molecule has 0 atom stereocenters. The number of aromatic nitrogens is 2. The van der Waals surface area contributed by atoms with Gasteiger partial charge in [0, 0.05) is 22.2 Å². The number of aryl methyl sites for hydroxylation is 2. The lowest BCUT2D eigenvalue weighted by Gasteiger charge is -2.33. The summed E-state index contributed by atoms with van der Waals surface area (Å²) >= 11 is 6.28. The maximum Gasteiger partial charge on any atom is 0.254 e. The highest BCUT2D eigenvalue weighted by atomic mass is 35.5. The van der Waals surface area contributed by atoms with Crippen molar-refractivity contribution in [3.05, 3.63) is 70.1 Å². The van der Waals surface area contributed by atoms with E-state index in [0.29, 0.717) is 28.8 Å². The number of hydrogen-bond donors (Lipinski definition) is 0. The molecule has 1 aromatic heterocycles. The molecular formula is C24H26ClN3O2. The van der Waals surface area contributed by atoms with Crippen molar-refractivity contribution in [3.63, 3.8) is 0 Å². The second-order valence-corrected chi connectivity index (χ2v) is 8.48. The van der Waals surface area contributed by atoms with Crippen LogP contribution in [0.25, 0.3) is 11.4 Å². The van der Waals surface area contributed by atoms with Crippen LogP contribution in [0.4, 0.5) is 0 Å². The van der Waals surface area contributed by atoms with Gasteiger partial charge in [0.1, 0.15) is 6.54 Å². The summed E-state index contributed by atoms with van der Waals surface area (Å²) in [5.74, 6) is 0.950. The Balaban J connectivity index is 1.60. The number of halogens is 1.